The van der Waals surface area contributed by atoms with Crippen molar-refractivity contribution in [2.45, 2.75) is 90.4 Å². The summed E-state index contributed by atoms with van der Waals surface area (Å²) in [5.41, 5.74) is 3.47. The highest BCUT2D eigenvalue weighted by molar-refractivity contribution is 5.66. The molecule has 1 fully saturated rings. The summed E-state index contributed by atoms with van der Waals surface area (Å²) < 4.78 is 17.0. The van der Waals surface area contributed by atoms with E-state index in [9.17, 15) is 4.79 Å². The molecule has 2 aliphatic rings. The molecule has 0 amide bonds. The van der Waals surface area contributed by atoms with Crippen molar-refractivity contribution < 1.29 is 19.0 Å². The molecule has 4 nitrogen and oxygen atoms in total. The lowest BCUT2D eigenvalue weighted by Gasteiger charge is -2.27. The molecule has 1 aliphatic carbocycles. The SMILES string of the molecule is COC(C)(C)/C1=C/C=C(\C)CC[C@H]2O[C@]2(C)CC/C=C(\COC(C)=O)CC1. The van der Waals surface area contributed by atoms with E-state index < -0.39 is 0 Å². The van der Waals surface area contributed by atoms with Gasteiger partial charge in [-0.05, 0) is 77.4 Å². The fourth-order valence-corrected chi connectivity index (χ4v) is 3.56. The van der Waals surface area contributed by atoms with Crippen molar-refractivity contribution in [3.05, 3.63) is 34.9 Å². The average molecular weight is 377 g/mol. The first kappa shape index (κ1) is 21.9. The van der Waals surface area contributed by atoms with Crippen LogP contribution < -0.4 is 0 Å². The molecule has 0 saturated carbocycles. The maximum atomic E-state index is 11.3. The van der Waals surface area contributed by atoms with Gasteiger partial charge in [0.1, 0.15) is 6.61 Å². The summed E-state index contributed by atoms with van der Waals surface area (Å²) in [7, 11) is 1.75. The Kier molecular flexibility index (Phi) is 7.47. The highest BCUT2D eigenvalue weighted by Gasteiger charge is 2.50. The van der Waals surface area contributed by atoms with Crippen molar-refractivity contribution >= 4 is 5.97 Å². The molecule has 152 valence electrons. The molecule has 0 aromatic rings. The molecule has 1 saturated heterocycles. The third kappa shape index (κ3) is 6.62. The molecule has 0 spiro atoms. The van der Waals surface area contributed by atoms with Crippen molar-refractivity contribution in [1.29, 1.82) is 0 Å². The van der Waals surface area contributed by atoms with Gasteiger partial charge in [-0.2, -0.15) is 0 Å². The van der Waals surface area contributed by atoms with E-state index in [1.165, 1.54) is 23.6 Å². The molecule has 0 radical (unpaired) electrons. The lowest BCUT2D eigenvalue weighted by atomic mass is 9.90. The van der Waals surface area contributed by atoms with E-state index in [1.807, 2.05) is 0 Å². The summed E-state index contributed by atoms with van der Waals surface area (Å²) in [6.45, 7) is 10.4. The third-order valence-corrected chi connectivity index (χ3v) is 5.94. The van der Waals surface area contributed by atoms with Gasteiger partial charge >= 0.3 is 5.97 Å². The predicted molar refractivity (Wildman–Crippen MR) is 109 cm³/mol. The predicted octanol–water partition coefficient (Wildman–Crippen LogP) is 5.29. The number of hydrogen-bond acceptors (Lipinski definition) is 4. The zero-order valence-electron chi connectivity index (χ0n) is 17.9. The molecule has 27 heavy (non-hydrogen) atoms. The van der Waals surface area contributed by atoms with Crippen molar-refractivity contribution in [2.75, 3.05) is 13.7 Å². The van der Waals surface area contributed by atoms with Crippen LogP contribution >= 0.6 is 0 Å². The molecular weight excluding hydrogens is 340 g/mol. The quantitative estimate of drug-likeness (QED) is 0.380. The van der Waals surface area contributed by atoms with Gasteiger partial charge < -0.3 is 14.2 Å². The topological polar surface area (TPSA) is 48.1 Å². The van der Waals surface area contributed by atoms with E-state index in [1.54, 1.807) is 7.11 Å². The summed E-state index contributed by atoms with van der Waals surface area (Å²) in [5.74, 6) is -0.237. The zero-order valence-corrected chi connectivity index (χ0v) is 17.9. The van der Waals surface area contributed by atoms with Crippen molar-refractivity contribution in [1.82, 2.24) is 0 Å². The molecule has 1 aliphatic heterocycles. The molecule has 0 N–H and O–H groups in total. The Morgan fingerprint density at radius 3 is 2.70 bits per heavy atom. The van der Waals surface area contributed by atoms with Crippen molar-refractivity contribution in [2.24, 2.45) is 0 Å². The standard InChI is InChI=1S/C23H36O4/c1-17-9-12-20(22(3,4)25-6)13-11-19(16-26-18(2)24)8-7-15-23(5)21(27-23)14-10-17/h8-9,12,21H,7,10-11,13-16H2,1-6H3/b17-9+,19-8-,20-12+/t21-,23-/m1/s1. The van der Waals surface area contributed by atoms with E-state index >= 15 is 0 Å². The van der Waals surface area contributed by atoms with Gasteiger partial charge in [0, 0.05) is 14.0 Å². The number of epoxide rings is 1. The summed E-state index contributed by atoms with van der Waals surface area (Å²) >= 11 is 0. The fourth-order valence-electron chi connectivity index (χ4n) is 3.56. The minimum Gasteiger partial charge on any atom is -0.461 e. The van der Waals surface area contributed by atoms with Crippen LogP contribution in [0.3, 0.4) is 0 Å². The fraction of sp³-hybridized carbons (Fsp3) is 0.696. The van der Waals surface area contributed by atoms with Crippen LogP contribution in [0.4, 0.5) is 0 Å². The van der Waals surface area contributed by atoms with Crippen LogP contribution in [0.1, 0.15) is 73.1 Å². The Bertz CT molecular complexity index is 626. The van der Waals surface area contributed by atoms with Crippen LogP contribution in [0.15, 0.2) is 34.9 Å². The van der Waals surface area contributed by atoms with Gasteiger partial charge in [-0.3, -0.25) is 4.79 Å². The molecule has 0 aromatic heterocycles. The van der Waals surface area contributed by atoms with Gasteiger partial charge in [-0.15, -0.1) is 0 Å². The van der Waals surface area contributed by atoms with E-state index in [-0.39, 0.29) is 17.2 Å². The first-order chi connectivity index (χ1) is 12.7. The lowest BCUT2D eigenvalue weighted by Crippen LogP contribution is -2.25. The molecule has 4 heteroatoms. The maximum absolute atomic E-state index is 11.3. The van der Waals surface area contributed by atoms with Crippen LogP contribution in [0.5, 0.6) is 0 Å². The Morgan fingerprint density at radius 1 is 1.30 bits per heavy atom. The minimum atomic E-state index is -0.321. The summed E-state index contributed by atoms with van der Waals surface area (Å²) in [4.78, 5) is 11.3. The molecule has 0 unspecified atom stereocenters. The summed E-state index contributed by atoms with van der Waals surface area (Å²) in [6.07, 6.45) is 12.8. The lowest BCUT2D eigenvalue weighted by molar-refractivity contribution is -0.140. The van der Waals surface area contributed by atoms with E-state index in [0.29, 0.717) is 12.7 Å². The van der Waals surface area contributed by atoms with Crippen LogP contribution in [0.2, 0.25) is 0 Å². The number of methoxy groups -OCH3 is 1. The molecular formula is C23H36O4. The van der Waals surface area contributed by atoms with Crippen LogP contribution in [-0.4, -0.2) is 37.0 Å². The maximum Gasteiger partial charge on any atom is 0.302 e. The summed E-state index contributed by atoms with van der Waals surface area (Å²) in [5, 5.41) is 0. The number of rotatable bonds is 4. The number of esters is 1. The largest absolute Gasteiger partial charge is 0.461 e. The van der Waals surface area contributed by atoms with Gasteiger partial charge in [0.25, 0.3) is 0 Å². The Morgan fingerprint density at radius 2 is 2.04 bits per heavy atom. The van der Waals surface area contributed by atoms with Crippen LogP contribution in [0, 0.1) is 0 Å². The number of ether oxygens (including phenoxy) is 3. The van der Waals surface area contributed by atoms with Crippen LogP contribution in [-0.2, 0) is 19.0 Å². The molecule has 2 rings (SSSR count). The molecule has 2 atom stereocenters. The molecule has 1 heterocycles. The smallest absolute Gasteiger partial charge is 0.302 e. The number of carbonyl (C=O) groups is 1. The van der Waals surface area contributed by atoms with Crippen molar-refractivity contribution in [3.8, 4) is 0 Å². The van der Waals surface area contributed by atoms with E-state index in [0.717, 1.165) is 38.5 Å². The highest BCUT2D eigenvalue weighted by Crippen LogP contribution is 2.43. The van der Waals surface area contributed by atoms with Gasteiger partial charge in [0.05, 0.1) is 17.3 Å². The molecule has 0 bridgehead atoms. The second-order valence-corrected chi connectivity index (χ2v) is 8.56. The monoisotopic (exact) mass is 376 g/mol. The van der Waals surface area contributed by atoms with Gasteiger partial charge in [0.2, 0.25) is 0 Å². The Balaban J connectivity index is 2.22. The van der Waals surface area contributed by atoms with Gasteiger partial charge in [-0.1, -0.05) is 23.8 Å². The van der Waals surface area contributed by atoms with Gasteiger partial charge in [0.15, 0.2) is 0 Å². The number of carbonyl (C=O) groups excluding carboxylic acids is 1. The summed E-state index contributed by atoms with van der Waals surface area (Å²) in [6, 6.07) is 0. The zero-order chi connectivity index (χ0) is 20.1. The third-order valence-electron chi connectivity index (χ3n) is 5.94. The normalized spacial score (nSPS) is 33.3. The molecule has 0 aromatic carbocycles. The van der Waals surface area contributed by atoms with Crippen molar-refractivity contribution in [3.63, 3.8) is 0 Å². The Labute approximate surface area is 164 Å². The van der Waals surface area contributed by atoms with E-state index in [4.69, 9.17) is 14.2 Å². The number of allylic oxidation sites excluding steroid dienone is 4. The van der Waals surface area contributed by atoms with Gasteiger partial charge in [-0.25, -0.2) is 0 Å². The van der Waals surface area contributed by atoms with E-state index in [2.05, 4.69) is 45.9 Å². The minimum absolute atomic E-state index is 0.00643. The Hall–Kier alpha value is -1.39. The van der Waals surface area contributed by atoms with Crippen LogP contribution in [0.25, 0.3) is 0 Å². The second kappa shape index (κ2) is 9.20. The first-order valence-electron chi connectivity index (χ1n) is 10.1. The number of hydrogen-bond donors (Lipinski definition) is 0. The second-order valence-electron chi connectivity index (χ2n) is 8.56. The number of fused-ring (bicyclic) bond motifs is 1. The highest BCUT2D eigenvalue weighted by atomic mass is 16.6. The first-order valence-corrected chi connectivity index (χ1v) is 10.1. The average Bonchev–Trinajstić information content (AvgIpc) is 3.26.